The highest BCUT2D eigenvalue weighted by molar-refractivity contribution is 14.1. The largest absolute Gasteiger partial charge is 0.497 e. The van der Waals surface area contributed by atoms with Crippen LogP contribution in [-0.2, 0) is 6.54 Å². The molecule has 1 N–H and O–H groups in total. The molecular weight excluding hydrogens is 499 g/mol. The first-order chi connectivity index (χ1) is 12.0. The number of methoxy groups -OCH3 is 1. The van der Waals surface area contributed by atoms with Crippen LogP contribution in [0.15, 0.2) is 53.0 Å². The van der Waals surface area contributed by atoms with E-state index < -0.39 is 6.09 Å². The van der Waals surface area contributed by atoms with Gasteiger partial charge in [-0.25, -0.2) is 9.78 Å². The van der Waals surface area contributed by atoms with E-state index in [0.717, 1.165) is 25.8 Å². The van der Waals surface area contributed by atoms with Crippen molar-refractivity contribution in [2.75, 3.05) is 12.0 Å². The third-order valence-corrected chi connectivity index (χ3v) is 4.96. The molecule has 2 aromatic carbocycles. The van der Waals surface area contributed by atoms with E-state index in [1.54, 1.807) is 19.2 Å². The Morgan fingerprint density at radius 2 is 1.96 bits per heavy atom. The van der Waals surface area contributed by atoms with Crippen molar-refractivity contribution in [3.63, 3.8) is 0 Å². The van der Waals surface area contributed by atoms with Gasteiger partial charge < -0.3 is 9.84 Å². The van der Waals surface area contributed by atoms with Crippen LogP contribution in [0.25, 0.3) is 10.9 Å². The van der Waals surface area contributed by atoms with Crippen LogP contribution in [0.3, 0.4) is 0 Å². The second kappa shape index (κ2) is 7.57. The van der Waals surface area contributed by atoms with Crippen LogP contribution in [0.5, 0.6) is 5.75 Å². The van der Waals surface area contributed by atoms with Crippen LogP contribution in [0.2, 0.25) is 0 Å². The van der Waals surface area contributed by atoms with E-state index in [4.69, 9.17) is 4.74 Å². The second-order valence-electron chi connectivity index (χ2n) is 5.35. The Balaban J connectivity index is 2.00. The summed E-state index contributed by atoms with van der Waals surface area (Å²) in [5.74, 6) is 1.10. The molecule has 0 aliphatic rings. The molecule has 0 spiro atoms. The van der Waals surface area contributed by atoms with Crippen LogP contribution < -0.4 is 9.64 Å². The van der Waals surface area contributed by atoms with E-state index in [2.05, 4.69) is 43.5 Å². The Bertz CT molecular complexity index is 932. The predicted molar refractivity (Wildman–Crippen MR) is 109 cm³/mol. The summed E-state index contributed by atoms with van der Waals surface area (Å²) in [6, 6.07) is 15.1. The summed E-state index contributed by atoms with van der Waals surface area (Å²) in [4.78, 5) is 17.6. The molecule has 1 aromatic heterocycles. The van der Waals surface area contributed by atoms with E-state index in [9.17, 15) is 9.90 Å². The molecule has 0 aliphatic heterocycles. The first kappa shape index (κ1) is 17.9. The zero-order chi connectivity index (χ0) is 18.0. The van der Waals surface area contributed by atoms with E-state index >= 15 is 0 Å². The van der Waals surface area contributed by atoms with Gasteiger partial charge in [0.2, 0.25) is 0 Å². The van der Waals surface area contributed by atoms with Gasteiger partial charge in [-0.3, -0.25) is 4.90 Å². The highest BCUT2D eigenvalue weighted by atomic mass is 127. The van der Waals surface area contributed by atoms with E-state index in [-0.39, 0.29) is 6.54 Å². The summed E-state index contributed by atoms with van der Waals surface area (Å²) >= 11 is 5.66. The van der Waals surface area contributed by atoms with Crippen LogP contribution in [0.1, 0.15) is 5.56 Å². The maximum Gasteiger partial charge on any atom is 0.413 e. The van der Waals surface area contributed by atoms with Crippen LogP contribution in [0, 0.1) is 3.57 Å². The molecule has 0 radical (unpaired) electrons. The van der Waals surface area contributed by atoms with Crippen molar-refractivity contribution >= 4 is 61.3 Å². The third-order valence-electron chi connectivity index (χ3n) is 3.70. The number of benzene rings is 2. The Morgan fingerprint density at radius 3 is 2.60 bits per heavy atom. The van der Waals surface area contributed by atoms with Crippen molar-refractivity contribution in [1.82, 2.24) is 4.98 Å². The molecule has 0 atom stereocenters. The fourth-order valence-corrected chi connectivity index (χ4v) is 3.46. The number of fused-ring (bicyclic) bond motifs is 1. The quantitative estimate of drug-likeness (QED) is 0.482. The number of pyridine rings is 1. The van der Waals surface area contributed by atoms with Gasteiger partial charge in [0.1, 0.15) is 5.75 Å². The Kier molecular flexibility index (Phi) is 5.43. The molecule has 1 amide bonds. The number of nitrogens with zero attached hydrogens (tertiary/aromatic N) is 2. The monoisotopic (exact) mass is 512 g/mol. The SMILES string of the molecule is COc1ccc(CN(C(=O)O)c2nc3cc(I)ccc3cc2Br)cc1. The molecule has 128 valence electrons. The van der Waals surface area contributed by atoms with Gasteiger partial charge >= 0.3 is 6.09 Å². The standard InChI is InChI=1S/C18H14BrIN2O3/c1-25-14-6-2-11(3-7-14)10-22(18(23)24)17-15(19)8-12-4-5-13(20)9-16(12)21-17/h2-9H,10H2,1H3,(H,23,24). The summed E-state index contributed by atoms with van der Waals surface area (Å²) in [7, 11) is 1.59. The van der Waals surface area contributed by atoms with Gasteiger partial charge in [-0.15, -0.1) is 0 Å². The molecule has 7 heteroatoms. The number of anilines is 1. The highest BCUT2D eigenvalue weighted by Crippen LogP contribution is 2.30. The number of amides is 1. The van der Waals surface area contributed by atoms with Gasteiger partial charge in [0, 0.05) is 8.96 Å². The van der Waals surface area contributed by atoms with Gasteiger partial charge in [-0.05, 0) is 74.4 Å². The predicted octanol–water partition coefficient (Wildman–Crippen LogP) is 5.30. The van der Waals surface area contributed by atoms with Gasteiger partial charge in [0.05, 0.1) is 23.6 Å². The summed E-state index contributed by atoms with van der Waals surface area (Å²) < 4.78 is 6.81. The number of aromatic nitrogens is 1. The van der Waals surface area contributed by atoms with Crippen LogP contribution in [-0.4, -0.2) is 23.3 Å². The maximum absolute atomic E-state index is 11.8. The zero-order valence-electron chi connectivity index (χ0n) is 13.2. The number of hydrogen-bond acceptors (Lipinski definition) is 3. The Hall–Kier alpha value is -1.87. The van der Waals surface area contributed by atoms with Crippen molar-refractivity contribution < 1.29 is 14.6 Å². The number of ether oxygens (including phenoxy) is 1. The molecular formula is C18H14BrIN2O3. The number of hydrogen-bond donors (Lipinski definition) is 1. The lowest BCUT2D eigenvalue weighted by atomic mass is 10.2. The van der Waals surface area contributed by atoms with Crippen molar-refractivity contribution in [2.24, 2.45) is 0 Å². The van der Waals surface area contributed by atoms with Gasteiger partial charge in [0.25, 0.3) is 0 Å². The van der Waals surface area contributed by atoms with Crippen LogP contribution in [0.4, 0.5) is 10.6 Å². The average molecular weight is 513 g/mol. The number of carbonyl (C=O) groups is 1. The van der Waals surface area contributed by atoms with Gasteiger partial charge in [0.15, 0.2) is 5.82 Å². The molecule has 0 bridgehead atoms. The summed E-state index contributed by atoms with van der Waals surface area (Å²) in [5, 5.41) is 10.6. The minimum absolute atomic E-state index is 0.195. The summed E-state index contributed by atoms with van der Waals surface area (Å²) in [5.41, 5.74) is 1.60. The van der Waals surface area contributed by atoms with Gasteiger partial charge in [-0.1, -0.05) is 18.2 Å². The van der Waals surface area contributed by atoms with Crippen molar-refractivity contribution in [2.45, 2.75) is 6.54 Å². The maximum atomic E-state index is 11.8. The van der Waals surface area contributed by atoms with Crippen molar-refractivity contribution in [3.8, 4) is 5.75 Å². The topological polar surface area (TPSA) is 62.7 Å². The summed E-state index contributed by atoms with van der Waals surface area (Å²) in [6.45, 7) is 0.195. The van der Waals surface area contributed by atoms with Crippen molar-refractivity contribution in [1.29, 1.82) is 0 Å². The van der Waals surface area contributed by atoms with Crippen molar-refractivity contribution in [3.05, 3.63) is 62.1 Å². The smallest absolute Gasteiger partial charge is 0.413 e. The molecule has 1 heterocycles. The van der Waals surface area contributed by atoms with E-state index in [1.807, 2.05) is 36.4 Å². The normalized spacial score (nSPS) is 10.7. The first-order valence-electron chi connectivity index (χ1n) is 7.37. The lowest BCUT2D eigenvalue weighted by Crippen LogP contribution is -2.29. The Morgan fingerprint density at radius 1 is 1.24 bits per heavy atom. The Labute approximate surface area is 166 Å². The number of halogens is 2. The number of rotatable bonds is 4. The molecule has 0 saturated carbocycles. The molecule has 25 heavy (non-hydrogen) atoms. The molecule has 0 fully saturated rings. The van der Waals surface area contributed by atoms with E-state index in [1.165, 1.54) is 4.90 Å². The lowest BCUT2D eigenvalue weighted by molar-refractivity contribution is 0.201. The molecule has 0 saturated heterocycles. The lowest BCUT2D eigenvalue weighted by Gasteiger charge is -2.20. The molecule has 3 aromatic rings. The average Bonchev–Trinajstić information content (AvgIpc) is 2.60. The summed E-state index contributed by atoms with van der Waals surface area (Å²) in [6.07, 6.45) is -1.06. The first-order valence-corrected chi connectivity index (χ1v) is 9.24. The molecule has 0 aliphatic carbocycles. The molecule has 3 rings (SSSR count). The zero-order valence-corrected chi connectivity index (χ0v) is 17.0. The minimum Gasteiger partial charge on any atom is -0.497 e. The van der Waals surface area contributed by atoms with Crippen LogP contribution >= 0.6 is 38.5 Å². The highest BCUT2D eigenvalue weighted by Gasteiger charge is 2.20. The third kappa shape index (κ3) is 4.04. The fourth-order valence-electron chi connectivity index (χ4n) is 2.44. The second-order valence-corrected chi connectivity index (χ2v) is 7.45. The fraction of sp³-hybridized carbons (Fsp3) is 0.111. The molecule has 0 unspecified atom stereocenters. The number of carboxylic acid groups (broad SMARTS) is 1. The van der Waals surface area contributed by atoms with E-state index in [0.29, 0.717) is 10.3 Å². The van der Waals surface area contributed by atoms with Gasteiger partial charge in [-0.2, -0.15) is 0 Å². The molecule has 5 nitrogen and oxygen atoms in total. The minimum atomic E-state index is -1.06.